The maximum absolute atomic E-state index is 12.1. The highest BCUT2D eigenvalue weighted by molar-refractivity contribution is 7.89. The number of benzene rings is 2. The molecule has 2 rings (SSSR count). The van der Waals surface area contributed by atoms with E-state index in [1.807, 2.05) is 0 Å². The molecule has 2 aromatic carbocycles. The number of nitrogens with zero attached hydrogens (tertiary/aromatic N) is 1. The second-order valence-electron chi connectivity index (χ2n) is 5.23. The number of carbonyl (C=O) groups excluding carboxylic acids is 1. The van der Waals surface area contributed by atoms with Gasteiger partial charge >= 0.3 is 0 Å². The summed E-state index contributed by atoms with van der Waals surface area (Å²) in [5.74, 6) is -0.419. The van der Waals surface area contributed by atoms with E-state index >= 15 is 0 Å². The zero-order chi connectivity index (χ0) is 18.6. The summed E-state index contributed by atoms with van der Waals surface area (Å²) in [6, 6.07) is 12.6. The van der Waals surface area contributed by atoms with E-state index in [-0.39, 0.29) is 10.0 Å². The monoisotopic (exact) mass is 397 g/mol. The number of carbonyl (C=O) groups is 1. The number of nitrogens with one attached hydrogen (secondary N) is 2. The fourth-order valence-electron chi connectivity index (χ4n) is 1.91. The van der Waals surface area contributed by atoms with Crippen LogP contribution in [0.5, 0.6) is 0 Å². The minimum Gasteiger partial charge on any atom is -0.332 e. The molecular formula is C16H16ClN3O3S2. The number of halogens is 1. The fraction of sp³-hybridized carbons (Fsp3) is 0.125. The first kappa shape index (κ1) is 19.3. The van der Waals surface area contributed by atoms with Crippen molar-refractivity contribution >= 4 is 50.5 Å². The molecule has 9 heteroatoms. The van der Waals surface area contributed by atoms with Crippen LogP contribution in [0.1, 0.15) is 10.4 Å². The molecule has 0 heterocycles. The standard InChI is InChI=1S/C16H16ClN3O3S2/c1-20(2)25(22,23)14-8-4-7-13(10-14)18-16(24)19-15(21)11-5-3-6-12(17)9-11/h3-10H,1-2H3,(H2,18,19,21,24). The largest absolute Gasteiger partial charge is 0.332 e. The third-order valence-electron chi connectivity index (χ3n) is 3.18. The van der Waals surface area contributed by atoms with E-state index < -0.39 is 15.9 Å². The molecule has 0 aromatic heterocycles. The second-order valence-corrected chi connectivity index (χ2v) is 8.23. The first-order valence-corrected chi connectivity index (χ1v) is 9.33. The Bertz CT molecular complexity index is 914. The Balaban J connectivity index is 2.10. The Morgan fingerprint density at radius 2 is 1.80 bits per heavy atom. The van der Waals surface area contributed by atoms with Gasteiger partial charge in [0.05, 0.1) is 4.90 Å². The Labute approximate surface area is 156 Å². The molecule has 132 valence electrons. The highest BCUT2D eigenvalue weighted by Gasteiger charge is 2.17. The molecule has 2 aromatic rings. The molecule has 0 aliphatic carbocycles. The normalized spacial score (nSPS) is 11.2. The fourth-order valence-corrected chi connectivity index (χ4v) is 3.26. The van der Waals surface area contributed by atoms with Crippen LogP contribution in [-0.2, 0) is 10.0 Å². The van der Waals surface area contributed by atoms with Crippen molar-refractivity contribution in [1.29, 1.82) is 0 Å². The number of sulfonamides is 1. The Morgan fingerprint density at radius 1 is 1.12 bits per heavy atom. The van der Waals surface area contributed by atoms with Crippen LogP contribution in [0.3, 0.4) is 0 Å². The van der Waals surface area contributed by atoms with Crippen molar-refractivity contribution in [3.05, 3.63) is 59.1 Å². The van der Waals surface area contributed by atoms with Gasteiger partial charge in [0.2, 0.25) is 10.0 Å². The third kappa shape index (κ3) is 4.99. The lowest BCUT2D eigenvalue weighted by Gasteiger charge is -2.13. The summed E-state index contributed by atoms with van der Waals surface area (Å²) < 4.78 is 25.4. The number of amides is 1. The summed E-state index contributed by atoms with van der Waals surface area (Å²) >= 11 is 10.9. The third-order valence-corrected chi connectivity index (χ3v) is 5.43. The van der Waals surface area contributed by atoms with Crippen molar-refractivity contribution in [2.45, 2.75) is 4.90 Å². The van der Waals surface area contributed by atoms with E-state index in [0.717, 1.165) is 4.31 Å². The van der Waals surface area contributed by atoms with Crippen molar-refractivity contribution in [3.8, 4) is 0 Å². The van der Waals surface area contributed by atoms with Gasteiger partial charge in [-0.1, -0.05) is 23.7 Å². The quantitative estimate of drug-likeness (QED) is 0.775. The number of anilines is 1. The predicted octanol–water partition coefficient (Wildman–Crippen LogP) is 2.72. The Hall–Kier alpha value is -2.00. The highest BCUT2D eigenvalue weighted by atomic mass is 35.5. The van der Waals surface area contributed by atoms with Crippen LogP contribution in [0.4, 0.5) is 5.69 Å². The van der Waals surface area contributed by atoms with Crippen LogP contribution < -0.4 is 10.6 Å². The molecular weight excluding hydrogens is 382 g/mol. The molecule has 25 heavy (non-hydrogen) atoms. The molecule has 0 saturated carbocycles. The van der Waals surface area contributed by atoms with Gasteiger partial charge in [-0.05, 0) is 48.6 Å². The maximum atomic E-state index is 12.1. The summed E-state index contributed by atoms with van der Waals surface area (Å²) in [5, 5.41) is 5.79. The van der Waals surface area contributed by atoms with Crippen molar-refractivity contribution in [3.63, 3.8) is 0 Å². The van der Waals surface area contributed by atoms with E-state index in [1.54, 1.807) is 30.3 Å². The molecule has 0 unspecified atom stereocenters. The predicted molar refractivity (Wildman–Crippen MR) is 102 cm³/mol. The Morgan fingerprint density at radius 3 is 2.44 bits per heavy atom. The average Bonchev–Trinajstić information content (AvgIpc) is 2.54. The molecule has 2 N–H and O–H groups in total. The molecule has 0 atom stereocenters. The second kappa shape index (κ2) is 7.92. The van der Waals surface area contributed by atoms with Gasteiger partial charge < -0.3 is 5.32 Å². The molecule has 0 spiro atoms. The topological polar surface area (TPSA) is 78.5 Å². The maximum Gasteiger partial charge on any atom is 0.257 e. The van der Waals surface area contributed by atoms with E-state index in [9.17, 15) is 13.2 Å². The number of hydrogen-bond acceptors (Lipinski definition) is 4. The summed E-state index contributed by atoms with van der Waals surface area (Å²) in [4.78, 5) is 12.2. The molecule has 0 bridgehead atoms. The first-order valence-electron chi connectivity index (χ1n) is 7.10. The first-order chi connectivity index (χ1) is 11.7. The lowest BCUT2D eigenvalue weighted by molar-refractivity contribution is 0.0977. The summed E-state index contributed by atoms with van der Waals surface area (Å²) in [7, 11) is -0.659. The smallest absolute Gasteiger partial charge is 0.257 e. The van der Waals surface area contributed by atoms with Gasteiger partial charge in [0.25, 0.3) is 5.91 Å². The molecule has 0 aliphatic rings. The minimum absolute atomic E-state index is 0.0457. The zero-order valence-electron chi connectivity index (χ0n) is 13.5. The van der Waals surface area contributed by atoms with Crippen molar-refractivity contribution in [2.75, 3.05) is 19.4 Å². The minimum atomic E-state index is -3.56. The number of rotatable bonds is 4. The lowest BCUT2D eigenvalue weighted by Crippen LogP contribution is -2.34. The van der Waals surface area contributed by atoms with Crippen molar-refractivity contribution in [1.82, 2.24) is 9.62 Å². The van der Waals surface area contributed by atoms with Gasteiger partial charge in [-0.2, -0.15) is 0 Å². The van der Waals surface area contributed by atoms with E-state index in [0.29, 0.717) is 16.3 Å². The Kier molecular flexibility index (Phi) is 6.12. The molecule has 6 nitrogen and oxygen atoms in total. The van der Waals surface area contributed by atoms with Gasteiger partial charge in [-0.25, -0.2) is 12.7 Å². The van der Waals surface area contributed by atoms with Crippen molar-refractivity contribution in [2.24, 2.45) is 0 Å². The van der Waals surface area contributed by atoms with Crippen LogP contribution in [0.2, 0.25) is 5.02 Å². The van der Waals surface area contributed by atoms with Crippen LogP contribution in [0.25, 0.3) is 0 Å². The summed E-state index contributed by atoms with van der Waals surface area (Å²) in [5.41, 5.74) is 0.805. The van der Waals surface area contributed by atoms with Gasteiger partial charge in [-0.15, -0.1) is 0 Å². The lowest BCUT2D eigenvalue weighted by atomic mass is 10.2. The summed E-state index contributed by atoms with van der Waals surface area (Å²) in [6.45, 7) is 0. The van der Waals surface area contributed by atoms with E-state index in [4.69, 9.17) is 23.8 Å². The summed E-state index contributed by atoms with van der Waals surface area (Å²) in [6.07, 6.45) is 0. The molecule has 0 fully saturated rings. The van der Waals surface area contributed by atoms with Crippen LogP contribution in [-0.4, -0.2) is 37.8 Å². The van der Waals surface area contributed by atoms with Crippen LogP contribution >= 0.6 is 23.8 Å². The van der Waals surface area contributed by atoms with Gasteiger partial charge in [0.15, 0.2) is 5.11 Å². The molecule has 1 amide bonds. The van der Waals surface area contributed by atoms with E-state index in [1.165, 1.54) is 32.3 Å². The van der Waals surface area contributed by atoms with Gasteiger partial charge in [0.1, 0.15) is 0 Å². The van der Waals surface area contributed by atoms with Gasteiger partial charge in [0, 0.05) is 30.4 Å². The zero-order valence-corrected chi connectivity index (χ0v) is 15.9. The number of thiocarbonyl (C=S) groups is 1. The van der Waals surface area contributed by atoms with Gasteiger partial charge in [-0.3, -0.25) is 10.1 Å². The molecule has 0 radical (unpaired) electrons. The van der Waals surface area contributed by atoms with Crippen molar-refractivity contribution < 1.29 is 13.2 Å². The number of hydrogen-bond donors (Lipinski definition) is 2. The van der Waals surface area contributed by atoms with Crippen LogP contribution in [0, 0.1) is 0 Å². The SMILES string of the molecule is CN(C)S(=O)(=O)c1cccc(NC(=S)NC(=O)c2cccc(Cl)c2)c1. The van der Waals surface area contributed by atoms with E-state index in [2.05, 4.69) is 10.6 Å². The van der Waals surface area contributed by atoms with Crippen LogP contribution in [0.15, 0.2) is 53.4 Å². The highest BCUT2D eigenvalue weighted by Crippen LogP contribution is 2.18. The molecule has 0 saturated heterocycles. The average molecular weight is 398 g/mol. The molecule has 0 aliphatic heterocycles.